The molecule has 0 aliphatic carbocycles. The number of anilines is 1. The number of rotatable bonds is 6. The van der Waals surface area contributed by atoms with Crippen LogP contribution in [0.2, 0.25) is 5.02 Å². The van der Waals surface area contributed by atoms with Crippen molar-refractivity contribution in [2.45, 2.75) is 20.0 Å². The summed E-state index contributed by atoms with van der Waals surface area (Å²) in [5, 5.41) is 3.25. The summed E-state index contributed by atoms with van der Waals surface area (Å²) in [6.07, 6.45) is -0.808. The molecule has 1 amide bonds. The van der Waals surface area contributed by atoms with Crippen molar-refractivity contribution in [1.82, 2.24) is 0 Å². The van der Waals surface area contributed by atoms with Gasteiger partial charge in [-0.15, -0.1) is 0 Å². The van der Waals surface area contributed by atoms with Crippen molar-refractivity contribution in [2.24, 2.45) is 0 Å². The highest BCUT2D eigenvalue weighted by molar-refractivity contribution is 6.30. The summed E-state index contributed by atoms with van der Waals surface area (Å²) in [7, 11) is 0. The summed E-state index contributed by atoms with van der Waals surface area (Å²) in [6, 6.07) is 14.0. The van der Waals surface area contributed by atoms with Crippen LogP contribution >= 0.6 is 11.6 Å². The van der Waals surface area contributed by atoms with Crippen LogP contribution in [0.3, 0.4) is 0 Å². The Morgan fingerprint density at radius 2 is 1.88 bits per heavy atom. The topological polar surface area (TPSA) is 64.6 Å². The SMILES string of the molecule is Cc1cc(Cl)ccc1NC(=O)COC(=O)[C@H](C)Oc1ccccc1. The predicted molar refractivity (Wildman–Crippen MR) is 92.3 cm³/mol. The molecule has 0 spiro atoms. The molecule has 2 rings (SSSR count). The third-order valence-corrected chi connectivity index (χ3v) is 3.43. The molecule has 0 bridgehead atoms. The number of para-hydroxylation sites is 1. The second kappa shape index (κ2) is 8.36. The normalized spacial score (nSPS) is 11.5. The molecule has 0 radical (unpaired) electrons. The molecule has 0 unspecified atom stereocenters. The number of amides is 1. The van der Waals surface area contributed by atoms with Crippen LogP contribution in [0, 0.1) is 6.92 Å². The van der Waals surface area contributed by atoms with E-state index in [0.717, 1.165) is 5.56 Å². The molecule has 24 heavy (non-hydrogen) atoms. The number of aryl methyl sites for hydroxylation is 1. The zero-order valence-corrected chi connectivity index (χ0v) is 14.2. The summed E-state index contributed by atoms with van der Waals surface area (Å²) < 4.78 is 10.4. The maximum absolute atomic E-state index is 11.9. The van der Waals surface area contributed by atoms with E-state index >= 15 is 0 Å². The van der Waals surface area contributed by atoms with Crippen LogP contribution in [0.25, 0.3) is 0 Å². The molecule has 0 aromatic heterocycles. The van der Waals surface area contributed by atoms with Crippen LogP contribution in [-0.2, 0) is 14.3 Å². The van der Waals surface area contributed by atoms with E-state index in [1.54, 1.807) is 49.4 Å². The van der Waals surface area contributed by atoms with Crippen LogP contribution in [0.5, 0.6) is 5.75 Å². The number of nitrogens with one attached hydrogen (secondary N) is 1. The molecule has 0 aliphatic heterocycles. The second-order valence-corrected chi connectivity index (χ2v) is 5.62. The van der Waals surface area contributed by atoms with Gasteiger partial charge in [-0.25, -0.2) is 4.79 Å². The predicted octanol–water partition coefficient (Wildman–Crippen LogP) is 3.60. The van der Waals surface area contributed by atoms with E-state index < -0.39 is 18.0 Å². The smallest absolute Gasteiger partial charge is 0.347 e. The third kappa shape index (κ3) is 5.28. The number of carbonyl (C=O) groups excluding carboxylic acids is 2. The number of ether oxygens (including phenoxy) is 2. The van der Waals surface area contributed by atoms with Gasteiger partial charge >= 0.3 is 5.97 Å². The molecule has 0 fully saturated rings. The summed E-state index contributed by atoms with van der Waals surface area (Å²) in [5.41, 5.74) is 1.44. The Balaban J connectivity index is 1.81. The monoisotopic (exact) mass is 347 g/mol. The van der Waals surface area contributed by atoms with Crippen molar-refractivity contribution in [3.8, 4) is 5.75 Å². The molecule has 5 nitrogen and oxygen atoms in total. The van der Waals surface area contributed by atoms with E-state index in [1.807, 2.05) is 13.0 Å². The zero-order valence-electron chi connectivity index (χ0n) is 13.4. The van der Waals surface area contributed by atoms with Crippen LogP contribution in [-0.4, -0.2) is 24.6 Å². The van der Waals surface area contributed by atoms with Crippen molar-refractivity contribution in [1.29, 1.82) is 0 Å². The molecule has 1 N–H and O–H groups in total. The molecule has 0 heterocycles. The van der Waals surface area contributed by atoms with Gasteiger partial charge in [-0.1, -0.05) is 29.8 Å². The van der Waals surface area contributed by atoms with Gasteiger partial charge in [-0.2, -0.15) is 0 Å². The van der Waals surface area contributed by atoms with Gasteiger partial charge in [-0.05, 0) is 49.7 Å². The van der Waals surface area contributed by atoms with E-state index in [1.165, 1.54) is 0 Å². The fourth-order valence-corrected chi connectivity index (χ4v) is 2.19. The van der Waals surface area contributed by atoms with Crippen LogP contribution in [0.4, 0.5) is 5.69 Å². The van der Waals surface area contributed by atoms with Gasteiger partial charge in [0.25, 0.3) is 5.91 Å². The first kappa shape index (κ1) is 17.8. The maximum atomic E-state index is 11.9. The highest BCUT2D eigenvalue weighted by atomic mass is 35.5. The van der Waals surface area contributed by atoms with Crippen molar-refractivity contribution in [3.05, 3.63) is 59.1 Å². The first-order valence-electron chi connectivity index (χ1n) is 7.40. The third-order valence-electron chi connectivity index (χ3n) is 3.20. The lowest BCUT2D eigenvalue weighted by Gasteiger charge is -2.14. The van der Waals surface area contributed by atoms with Gasteiger partial charge in [0.1, 0.15) is 5.75 Å². The molecular formula is C18H18ClNO4. The van der Waals surface area contributed by atoms with Gasteiger partial charge in [0.2, 0.25) is 0 Å². The average Bonchev–Trinajstić information content (AvgIpc) is 2.56. The van der Waals surface area contributed by atoms with Crippen LogP contribution < -0.4 is 10.1 Å². The number of hydrogen-bond donors (Lipinski definition) is 1. The number of hydrogen-bond acceptors (Lipinski definition) is 4. The van der Waals surface area contributed by atoms with Gasteiger partial charge in [0, 0.05) is 10.7 Å². The Bertz CT molecular complexity index is 718. The fraction of sp³-hybridized carbons (Fsp3) is 0.222. The molecule has 2 aromatic rings. The largest absolute Gasteiger partial charge is 0.479 e. The van der Waals surface area contributed by atoms with Gasteiger partial charge in [0.15, 0.2) is 12.7 Å². The minimum absolute atomic E-state index is 0.386. The summed E-state index contributed by atoms with van der Waals surface area (Å²) in [6.45, 7) is 3.00. The molecule has 6 heteroatoms. The Morgan fingerprint density at radius 3 is 2.54 bits per heavy atom. The minimum atomic E-state index is -0.808. The van der Waals surface area contributed by atoms with Gasteiger partial charge in [-0.3, -0.25) is 4.79 Å². The van der Waals surface area contributed by atoms with Gasteiger partial charge < -0.3 is 14.8 Å². The van der Waals surface area contributed by atoms with Crippen molar-refractivity contribution < 1.29 is 19.1 Å². The first-order chi connectivity index (χ1) is 11.5. The zero-order chi connectivity index (χ0) is 17.5. The van der Waals surface area contributed by atoms with E-state index in [2.05, 4.69) is 5.32 Å². The minimum Gasteiger partial charge on any atom is -0.479 e. The lowest BCUT2D eigenvalue weighted by molar-refractivity contribution is -0.153. The van der Waals surface area contributed by atoms with Crippen molar-refractivity contribution >= 4 is 29.2 Å². The van der Waals surface area contributed by atoms with Crippen LogP contribution in [0.1, 0.15) is 12.5 Å². The summed E-state index contributed by atoms with van der Waals surface area (Å²) in [5.74, 6) is -0.481. The first-order valence-corrected chi connectivity index (χ1v) is 7.78. The molecule has 0 saturated carbocycles. The number of benzene rings is 2. The fourth-order valence-electron chi connectivity index (χ4n) is 1.96. The second-order valence-electron chi connectivity index (χ2n) is 5.19. The number of carbonyl (C=O) groups is 2. The molecule has 2 aromatic carbocycles. The summed E-state index contributed by atoms with van der Waals surface area (Å²) in [4.78, 5) is 23.7. The molecule has 1 atom stereocenters. The Labute approximate surface area is 145 Å². The van der Waals surface area contributed by atoms with Crippen molar-refractivity contribution in [2.75, 3.05) is 11.9 Å². The van der Waals surface area contributed by atoms with E-state index in [-0.39, 0.29) is 6.61 Å². The highest BCUT2D eigenvalue weighted by Crippen LogP contribution is 2.19. The lowest BCUT2D eigenvalue weighted by Crippen LogP contribution is -2.29. The molecule has 0 aliphatic rings. The highest BCUT2D eigenvalue weighted by Gasteiger charge is 2.18. The van der Waals surface area contributed by atoms with Gasteiger partial charge in [0.05, 0.1) is 0 Å². The quantitative estimate of drug-likeness (QED) is 0.811. The summed E-state index contributed by atoms with van der Waals surface area (Å²) >= 11 is 5.86. The van der Waals surface area contributed by atoms with Crippen LogP contribution in [0.15, 0.2) is 48.5 Å². The molecule has 126 valence electrons. The van der Waals surface area contributed by atoms with E-state index in [9.17, 15) is 9.59 Å². The average molecular weight is 348 g/mol. The number of halogens is 1. The van der Waals surface area contributed by atoms with E-state index in [0.29, 0.717) is 16.5 Å². The number of esters is 1. The van der Waals surface area contributed by atoms with Crippen molar-refractivity contribution in [3.63, 3.8) is 0 Å². The Kier molecular flexibility index (Phi) is 6.21. The molecule has 0 saturated heterocycles. The Hall–Kier alpha value is -2.53. The lowest BCUT2D eigenvalue weighted by atomic mass is 10.2. The Morgan fingerprint density at radius 1 is 1.17 bits per heavy atom. The standard InChI is InChI=1S/C18H18ClNO4/c1-12-10-14(19)8-9-16(12)20-17(21)11-23-18(22)13(2)24-15-6-4-3-5-7-15/h3-10,13H,11H2,1-2H3,(H,20,21)/t13-/m0/s1. The molecular weight excluding hydrogens is 330 g/mol. The van der Waals surface area contributed by atoms with E-state index in [4.69, 9.17) is 21.1 Å². The maximum Gasteiger partial charge on any atom is 0.347 e.